The smallest absolute Gasteiger partial charge is 0.340 e. The SMILES string of the molecule is COC(=O)[C@]1(C)C[C@@H](c2ccc(N(C)C)cc2)N(c2ccccc2)O1. The Morgan fingerprint density at radius 3 is 2.36 bits per heavy atom. The number of carbonyl (C=O) groups excluding carboxylic acids is 1. The second-order valence-corrected chi connectivity index (χ2v) is 6.68. The van der Waals surface area contributed by atoms with Crippen LogP contribution in [0.1, 0.15) is 24.9 Å². The zero-order valence-corrected chi connectivity index (χ0v) is 15.1. The zero-order valence-electron chi connectivity index (χ0n) is 15.1. The van der Waals surface area contributed by atoms with Gasteiger partial charge in [-0.1, -0.05) is 30.3 Å². The van der Waals surface area contributed by atoms with Gasteiger partial charge in [-0.2, -0.15) is 0 Å². The van der Waals surface area contributed by atoms with E-state index in [1.54, 1.807) is 6.92 Å². The summed E-state index contributed by atoms with van der Waals surface area (Å²) in [6.45, 7) is 1.78. The van der Waals surface area contributed by atoms with Gasteiger partial charge in [-0.3, -0.25) is 4.84 Å². The molecule has 2 aromatic carbocycles. The number of ether oxygens (including phenoxy) is 1. The highest BCUT2D eigenvalue weighted by molar-refractivity contribution is 5.80. The minimum absolute atomic E-state index is 0.0669. The standard InChI is InChI=1S/C20H24N2O3/c1-20(19(23)24-4)14-18(15-10-12-16(13-11-15)21(2)3)22(25-20)17-8-6-5-7-9-17/h5-13,18H,14H2,1-4H3/t18-,20-/m0/s1. The molecule has 0 aromatic heterocycles. The lowest BCUT2D eigenvalue weighted by Gasteiger charge is -2.26. The van der Waals surface area contributed by atoms with Gasteiger partial charge in [-0.15, -0.1) is 0 Å². The number of hydrogen-bond acceptors (Lipinski definition) is 5. The number of anilines is 2. The first-order valence-corrected chi connectivity index (χ1v) is 8.34. The van der Waals surface area contributed by atoms with E-state index >= 15 is 0 Å². The lowest BCUT2D eigenvalue weighted by atomic mass is 9.93. The van der Waals surface area contributed by atoms with Crippen LogP contribution in [-0.4, -0.2) is 32.8 Å². The summed E-state index contributed by atoms with van der Waals surface area (Å²) < 4.78 is 4.96. The summed E-state index contributed by atoms with van der Waals surface area (Å²) in [5, 5.41) is 1.82. The van der Waals surface area contributed by atoms with Gasteiger partial charge in [0.1, 0.15) is 0 Å². The van der Waals surface area contributed by atoms with Crippen molar-refractivity contribution in [1.29, 1.82) is 0 Å². The van der Waals surface area contributed by atoms with Gasteiger partial charge in [0.25, 0.3) is 0 Å². The Balaban J connectivity index is 1.97. The molecule has 0 aliphatic carbocycles. The molecular weight excluding hydrogens is 316 g/mol. The van der Waals surface area contributed by atoms with Gasteiger partial charge in [-0.25, -0.2) is 9.86 Å². The van der Waals surface area contributed by atoms with E-state index in [-0.39, 0.29) is 12.0 Å². The van der Waals surface area contributed by atoms with Crippen LogP contribution in [0.5, 0.6) is 0 Å². The van der Waals surface area contributed by atoms with Crippen LogP contribution in [0.2, 0.25) is 0 Å². The molecule has 0 bridgehead atoms. The molecule has 1 heterocycles. The normalized spacial score (nSPS) is 22.7. The monoisotopic (exact) mass is 340 g/mol. The molecule has 25 heavy (non-hydrogen) atoms. The number of carbonyl (C=O) groups is 1. The first-order chi connectivity index (χ1) is 11.9. The number of hydroxylamine groups is 1. The number of methoxy groups -OCH3 is 1. The van der Waals surface area contributed by atoms with Crippen LogP contribution >= 0.6 is 0 Å². The predicted octanol–water partition coefficient (Wildman–Crippen LogP) is 3.57. The second-order valence-electron chi connectivity index (χ2n) is 6.68. The van der Waals surface area contributed by atoms with Gasteiger partial charge < -0.3 is 9.64 Å². The molecule has 0 radical (unpaired) electrons. The molecule has 0 saturated carbocycles. The van der Waals surface area contributed by atoms with Crippen LogP contribution in [0.3, 0.4) is 0 Å². The number of hydrogen-bond donors (Lipinski definition) is 0. The minimum atomic E-state index is -1.00. The van der Waals surface area contributed by atoms with E-state index in [4.69, 9.17) is 9.57 Å². The molecule has 5 nitrogen and oxygen atoms in total. The Morgan fingerprint density at radius 2 is 1.80 bits per heavy atom. The Morgan fingerprint density at radius 1 is 1.16 bits per heavy atom. The molecule has 132 valence electrons. The summed E-state index contributed by atoms with van der Waals surface area (Å²) in [5.41, 5.74) is 2.14. The first kappa shape index (κ1) is 17.3. The van der Waals surface area contributed by atoms with Crippen molar-refractivity contribution in [2.24, 2.45) is 0 Å². The molecule has 5 heteroatoms. The van der Waals surface area contributed by atoms with Crippen molar-refractivity contribution in [3.8, 4) is 0 Å². The quantitative estimate of drug-likeness (QED) is 0.796. The van der Waals surface area contributed by atoms with Crippen molar-refractivity contribution < 1.29 is 14.4 Å². The fraction of sp³-hybridized carbons (Fsp3) is 0.350. The lowest BCUT2D eigenvalue weighted by Crippen LogP contribution is -2.37. The summed E-state index contributed by atoms with van der Waals surface area (Å²) in [7, 11) is 5.42. The predicted molar refractivity (Wildman–Crippen MR) is 98.6 cm³/mol. The second kappa shape index (κ2) is 6.76. The third-order valence-corrected chi connectivity index (χ3v) is 4.59. The highest BCUT2D eigenvalue weighted by Crippen LogP contribution is 2.43. The van der Waals surface area contributed by atoms with Crippen molar-refractivity contribution in [3.63, 3.8) is 0 Å². The van der Waals surface area contributed by atoms with Crippen LogP contribution < -0.4 is 9.96 Å². The van der Waals surface area contributed by atoms with E-state index in [9.17, 15) is 4.79 Å². The van der Waals surface area contributed by atoms with Gasteiger partial charge >= 0.3 is 5.97 Å². The van der Waals surface area contributed by atoms with Crippen LogP contribution in [0, 0.1) is 0 Å². The van der Waals surface area contributed by atoms with E-state index in [1.165, 1.54) is 7.11 Å². The summed E-state index contributed by atoms with van der Waals surface area (Å²) >= 11 is 0. The fourth-order valence-electron chi connectivity index (χ4n) is 3.16. The Labute approximate surface area is 148 Å². The molecule has 0 N–H and O–H groups in total. The van der Waals surface area contributed by atoms with Gasteiger partial charge in [0.05, 0.1) is 18.8 Å². The van der Waals surface area contributed by atoms with Crippen molar-refractivity contribution in [2.45, 2.75) is 25.0 Å². The van der Waals surface area contributed by atoms with Crippen LogP contribution in [0.25, 0.3) is 0 Å². The maximum Gasteiger partial charge on any atom is 0.340 e. The van der Waals surface area contributed by atoms with Crippen molar-refractivity contribution in [1.82, 2.24) is 0 Å². The van der Waals surface area contributed by atoms with Gasteiger partial charge in [0.15, 0.2) is 5.60 Å². The van der Waals surface area contributed by atoms with E-state index < -0.39 is 5.60 Å². The number of rotatable bonds is 4. The molecule has 1 fully saturated rings. The van der Waals surface area contributed by atoms with Crippen LogP contribution in [0.4, 0.5) is 11.4 Å². The number of para-hydroxylation sites is 1. The Bertz CT molecular complexity index is 730. The Hall–Kier alpha value is -2.53. The molecule has 3 rings (SSSR count). The highest BCUT2D eigenvalue weighted by atomic mass is 16.7. The largest absolute Gasteiger partial charge is 0.467 e. The maximum atomic E-state index is 12.3. The molecule has 0 unspecified atom stereocenters. The van der Waals surface area contributed by atoms with Crippen molar-refractivity contribution in [3.05, 3.63) is 60.2 Å². The summed E-state index contributed by atoms with van der Waals surface area (Å²) in [6.07, 6.45) is 0.524. The molecule has 1 aliphatic heterocycles. The summed E-state index contributed by atoms with van der Waals surface area (Å²) in [6, 6.07) is 18.1. The van der Waals surface area contributed by atoms with Gasteiger partial charge in [0.2, 0.25) is 0 Å². The van der Waals surface area contributed by atoms with E-state index in [0.717, 1.165) is 16.9 Å². The average molecular weight is 340 g/mol. The van der Waals surface area contributed by atoms with E-state index in [0.29, 0.717) is 6.42 Å². The third kappa shape index (κ3) is 3.33. The van der Waals surface area contributed by atoms with Crippen molar-refractivity contribution in [2.75, 3.05) is 31.2 Å². The van der Waals surface area contributed by atoms with Crippen LogP contribution in [0.15, 0.2) is 54.6 Å². The van der Waals surface area contributed by atoms with E-state index in [1.807, 2.05) is 49.5 Å². The summed E-state index contributed by atoms with van der Waals surface area (Å²) in [5.74, 6) is -0.360. The number of esters is 1. The van der Waals surface area contributed by atoms with Crippen molar-refractivity contribution >= 4 is 17.3 Å². The zero-order chi connectivity index (χ0) is 18.0. The molecule has 2 atom stereocenters. The Kier molecular flexibility index (Phi) is 4.68. The average Bonchev–Trinajstić information content (AvgIpc) is 3.01. The lowest BCUT2D eigenvalue weighted by molar-refractivity contribution is -0.163. The molecule has 1 aliphatic rings. The molecule has 2 aromatic rings. The number of nitrogens with zero attached hydrogens (tertiary/aromatic N) is 2. The molecular formula is C20H24N2O3. The minimum Gasteiger partial charge on any atom is -0.467 e. The molecule has 0 amide bonds. The summed E-state index contributed by atoms with van der Waals surface area (Å²) in [4.78, 5) is 20.4. The van der Waals surface area contributed by atoms with Gasteiger partial charge in [0, 0.05) is 26.2 Å². The topological polar surface area (TPSA) is 42.0 Å². The fourth-order valence-corrected chi connectivity index (χ4v) is 3.16. The third-order valence-electron chi connectivity index (χ3n) is 4.59. The van der Waals surface area contributed by atoms with E-state index in [2.05, 4.69) is 29.2 Å². The molecule has 1 saturated heterocycles. The molecule has 0 spiro atoms. The van der Waals surface area contributed by atoms with Crippen LogP contribution in [-0.2, 0) is 14.4 Å². The maximum absolute atomic E-state index is 12.3. The number of benzene rings is 2. The highest BCUT2D eigenvalue weighted by Gasteiger charge is 2.49. The van der Waals surface area contributed by atoms with Gasteiger partial charge in [-0.05, 0) is 36.8 Å². The first-order valence-electron chi connectivity index (χ1n) is 8.34.